The van der Waals surface area contributed by atoms with E-state index >= 15 is 0 Å². The number of aromatic nitrogens is 1. The van der Waals surface area contributed by atoms with E-state index in [1.165, 1.54) is 0 Å². The number of fused-ring (bicyclic) bond motifs is 1. The Labute approximate surface area is 113 Å². The summed E-state index contributed by atoms with van der Waals surface area (Å²) in [4.78, 5) is 16.9. The first kappa shape index (κ1) is 12.3. The molecular formula is C16H18N2O. The van der Waals surface area contributed by atoms with E-state index in [1.54, 1.807) is 6.20 Å². The molecule has 1 aromatic carbocycles. The van der Waals surface area contributed by atoms with Crippen molar-refractivity contribution < 1.29 is 4.79 Å². The van der Waals surface area contributed by atoms with Gasteiger partial charge in [0, 0.05) is 30.0 Å². The zero-order chi connectivity index (χ0) is 13.3. The summed E-state index contributed by atoms with van der Waals surface area (Å²) in [5.74, 6) is 0.328. The second kappa shape index (κ2) is 4.74. The number of hydrogen-bond donors (Lipinski definition) is 1. The van der Waals surface area contributed by atoms with Gasteiger partial charge in [0.1, 0.15) is 5.78 Å². The number of hydrogen-bond acceptors (Lipinski definition) is 3. The Kier molecular flexibility index (Phi) is 3.07. The fraction of sp³-hybridized carbons (Fsp3) is 0.375. The molecule has 1 aliphatic rings. The fourth-order valence-corrected chi connectivity index (χ4v) is 2.75. The van der Waals surface area contributed by atoms with Crippen molar-refractivity contribution in [3.8, 4) is 0 Å². The van der Waals surface area contributed by atoms with Crippen LogP contribution in [0.3, 0.4) is 0 Å². The Morgan fingerprint density at radius 1 is 1.37 bits per heavy atom. The molecule has 0 spiro atoms. The largest absolute Gasteiger partial charge is 0.316 e. The zero-order valence-electron chi connectivity index (χ0n) is 11.1. The predicted molar refractivity (Wildman–Crippen MR) is 76.0 cm³/mol. The Balaban J connectivity index is 1.91. The molecular weight excluding hydrogens is 236 g/mol. The van der Waals surface area contributed by atoms with Crippen LogP contribution in [0.5, 0.6) is 0 Å². The standard InChI is InChI=1S/C16H18N2O/c1-16(7-9-17-11-16)15(19)10-12-6-8-18-14-5-3-2-4-13(12)14/h2-6,8,17H,7,9-11H2,1H3. The number of carbonyl (C=O) groups excluding carboxylic acids is 1. The molecule has 98 valence electrons. The lowest BCUT2D eigenvalue weighted by molar-refractivity contribution is -0.126. The van der Waals surface area contributed by atoms with Crippen molar-refractivity contribution in [3.63, 3.8) is 0 Å². The van der Waals surface area contributed by atoms with Crippen LogP contribution in [0, 0.1) is 5.41 Å². The van der Waals surface area contributed by atoms with Crippen LogP contribution in [0.25, 0.3) is 10.9 Å². The highest BCUT2D eigenvalue weighted by molar-refractivity contribution is 5.92. The quantitative estimate of drug-likeness (QED) is 0.914. The van der Waals surface area contributed by atoms with Gasteiger partial charge in [-0.1, -0.05) is 25.1 Å². The molecule has 0 saturated carbocycles. The summed E-state index contributed by atoms with van der Waals surface area (Å²) in [6, 6.07) is 9.97. The summed E-state index contributed by atoms with van der Waals surface area (Å²) in [5.41, 5.74) is 1.84. The van der Waals surface area contributed by atoms with Gasteiger partial charge in [0.25, 0.3) is 0 Å². The first-order chi connectivity index (χ1) is 9.19. The molecule has 1 N–H and O–H groups in total. The number of benzene rings is 1. The highest BCUT2D eigenvalue weighted by Crippen LogP contribution is 2.28. The lowest BCUT2D eigenvalue weighted by atomic mass is 9.82. The van der Waals surface area contributed by atoms with Crippen LogP contribution in [-0.4, -0.2) is 23.9 Å². The van der Waals surface area contributed by atoms with Crippen molar-refractivity contribution in [3.05, 3.63) is 42.1 Å². The van der Waals surface area contributed by atoms with Crippen LogP contribution in [0.15, 0.2) is 36.5 Å². The Bertz CT molecular complexity index is 610. The summed E-state index contributed by atoms with van der Waals surface area (Å²) in [7, 11) is 0. The minimum Gasteiger partial charge on any atom is -0.316 e. The van der Waals surface area contributed by atoms with E-state index in [1.807, 2.05) is 30.3 Å². The molecule has 19 heavy (non-hydrogen) atoms. The summed E-state index contributed by atoms with van der Waals surface area (Å²) in [6.07, 6.45) is 3.23. The van der Waals surface area contributed by atoms with Gasteiger partial charge in [-0.2, -0.15) is 0 Å². The second-order valence-corrected chi connectivity index (χ2v) is 5.57. The summed E-state index contributed by atoms with van der Waals surface area (Å²) < 4.78 is 0. The van der Waals surface area contributed by atoms with Gasteiger partial charge in [-0.15, -0.1) is 0 Å². The van der Waals surface area contributed by atoms with Crippen molar-refractivity contribution in [1.29, 1.82) is 0 Å². The maximum Gasteiger partial charge on any atom is 0.144 e. The number of rotatable bonds is 3. The van der Waals surface area contributed by atoms with E-state index in [0.717, 1.165) is 36.0 Å². The molecule has 1 fully saturated rings. The van der Waals surface area contributed by atoms with Crippen LogP contribution in [0.4, 0.5) is 0 Å². The molecule has 3 rings (SSSR count). The molecule has 0 bridgehead atoms. The first-order valence-corrected chi connectivity index (χ1v) is 6.76. The molecule has 3 nitrogen and oxygen atoms in total. The highest BCUT2D eigenvalue weighted by Gasteiger charge is 2.35. The molecule has 0 radical (unpaired) electrons. The number of Topliss-reactive ketones (excluding diaryl/α,β-unsaturated/α-hetero) is 1. The second-order valence-electron chi connectivity index (χ2n) is 5.57. The molecule has 1 atom stereocenters. The first-order valence-electron chi connectivity index (χ1n) is 6.76. The normalized spacial score (nSPS) is 22.8. The third-order valence-electron chi connectivity index (χ3n) is 4.13. The summed E-state index contributed by atoms with van der Waals surface area (Å²) in [6.45, 7) is 3.81. The topological polar surface area (TPSA) is 42.0 Å². The third-order valence-corrected chi connectivity index (χ3v) is 4.13. The maximum absolute atomic E-state index is 12.5. The lowest BCUT2D eigenvalue weighted by Crippen LogP contribution is -2.31. The van der Waals surface area contributed by atoms with Gasteiger partial charge < -0.3 is 5.32 Å². The average Bonchev–Trinajstić information content (AvgIpc) is 2.87. The molecule has 2 aromatic rings. The molecule has 1 aliphatic heterocycles. The number of nitrogens with one attached hydrogen (secondary N) is 1. The van der Waals surface area contributed by atoms with E-state index < -0.39 is 0 Å². The van der Waals surface area contributed by atoms with Gasteiger partial charge >= 0.3 is 0 Å². The Hall–Kier alpha value is -1.74. The van der Waals surface area contributed by atoms with Crippen molar-refractivity contribution in [2.45, 2.75) is 19.8 Å². The number of para-hydroxylation sites is 1. The van der Waals surface area contributed by atoms with E-state index in [4.69, 9.17) is 0 Å². The van der Waals surface area contributed by atoms with Crippen molar-refractivity contribution in [2.24, 2.45) is 5.41 Å². The van der Waals surface area contributed by atoms with Gasteiger partial charge in [-0.25, -0.2) is 0 Å². The van der Waals surface area contributed by atoms with Crippen molar-refractivity contribution >= 4 is 16.7 Å². The van der Waals surface area contributed by atoms with Crippen LogP contribution in [-0.2, 0) is 11.2 Å². The van der Waals surface area contributed by atoms with E-state index in [-0.39, 0.29) is 5.41 Å². The number of ketones is 1. The average molecular weight is 254 g/mol. The van der Waals surface area contributed by atoms with Crippen LogP contribution < -0.4 is 5.32 Å². The number of pyridine rings is 1. The minimum atomic E-state index is -0.204. The fourth-order valence-electron chi connectivity index (χ4n) is 2.75. The lowest BCUT2D eigenvalue weighted by Gasteiger charge is -2.21. The van der Waals surface area contributed by atoms with Crippen molar-refractivity contribution in [2.75, 3.05) is 13.1 Å². The molecule has 1 aromatic heterocycles. The highest BCUT2D eigenvalue weighted by atomic mass is 16.1. The number of carbonyl (C=O) groups is 1. The van der Waals surface area contributed by atoms with Gasteiger partial charge in [0.2, 0.25) is 0 Å². The maximum atomic E-state index is 12.5. The monoisotopic (exact) mass is 254 g/mol. The molecule has 1 saturated heterocycles. The Morgan fingerprint density at radius 3 is 3.00 bits per heavy atom. The Morgan fingerprint density at radius 2 is 2.21 bits per heavy atom. The molecule has 3 heteroatoms. The van der Waals surface area contributed by atoms with Crippen LogP contribution in [0.1, 0.15) is 18.9 Å². The SMILES string of the molecule is CC1(C(=O)Cc2ccnc3ccccc23)CCNC1. The third kappa shape index (κ3) is 2.26. The summed E-state index contributed by atoms with van der Waals surface area (Å²) >= 11 is 0. The molecule has 2 heterocycles. The van der Waals surface area contributed by atoms with Gasteiger partial charge in [0.15, 0.2) is 0 Å². The van der Waals surface area contributed by atoms with E-state index in [9.17, 15) is 4.79 Å². The number of nitrogens with zero attached hydrogens (tertiary/aromatic N) is 1. The van der Waals surface area contributed by atoms with Crippen LogP contribution >= 0.6 is 0 Å². The van der Waals surface area contributed by atoms with Crippen LogP contribution in [0.2, 0.25) is 0 Å². The van der Waals surface area contributed by atoms with Crippen molar-refractivity contribution in [1.82, 2.24) is 10.3 Å². The summed E-state index contributed by atoms with van der Waals surface area (Å²) in [5, 5.41) is 4.37. The smallest absolute Gasteiger partial charge is 0.144 e. The van der Waals surface area contributed by atoms with Gasteiger partial charge in [0.05, 0.1) is 5.52 Å². The molecule has 1 unspecified atom stereocenters. The molecule has 0 aliphatic carbocycles. The van der Waals surface area contributed by atoms with E-state index in [0.29, 0.717) is 12.2 Å². The minimum absolute atomic E-state index is 0.204. The van der Waals surface area contributed by atoms with E-state index in [2.05, 4.69) is 17.2 Å². The van der Waals surface area contributed by atoms with Gasteiger partial charge in [-0.3, -0.25) is 9.78 Å². The predicted octanol–water partition coefficient (Wildman–Crippen LogP) is 2.35. The zero-order valence-corrected chi connectivity index (χ0v) is 11.1. The van der Waals surface area contributed by atoms with Gasteiger partial charge in [-0.05, 0) is 30.7 Å². The molecule has 0 amide bonds.